The van der Waals surface area contributed by atoms with Crippen molar-refractivity contribution in [3.05, 3.63) is 83.9 Å². The van der Waals surface area contributed by atoms with E-state index in [-0.39, 0.29) is 54.6 Å². The van der Waals surface area contributed by atoms with Gasteiger partial charge in [-0.25, -0.2) is 0 Å². The Kier molecular flexibility index (Phi) is 12.0. The Bertz CT molecular complexity index is 1420. The normalized spacial score (nSPS) is 20.2. The maximum absolute atomic E-state index is 14.3. The minimum atomic E-state index is -0.523. The summed E-state index contributed by atoms with van der Waals surface area (Å²) in [7, 11) is 1.74. The molecule has 2 aromatic heterocycles. The number of hydrogen-bond donors (Lipinski definition) is 2. The minimum absolute atomic E-state index is 0.148. The van der Waals surface area contributed by atoms with Crippen LogP contribution in [0, 0.1) is 5.92 Å². The van der Waals surface area contributed by atoms with Gasteiger partial charge in [-0.3, -0.25) is 24.4 Å². The molecule has 1 aliphatic rings. The maximum Gasteiger partial charge on any atom is 0.258 e. The zero-order chi connectivity index (χ0) is 32.3. The van der Waals surface area contributed by atoms with E-state index < -0.39 is 6.04 Å². The molecule has 4 atom stereocenters. The molecule has 11 heteroatoms. The van der Waals surface area contributed by atoms with Crippen LogP contribution < -0.4 is 10.1 Å². The molecule has 0 saturated carbocycles. The van der Waals surface area contributed by atoms with Gasteiger partial charge in [0.25, 0.3) is 17.7 Å². The third-order valence-corrected chi connectivity index (χ3v) is 7.98. The summed E-state index contributed by atoms with van der Waals surface area (Å²) in [5.74, 6) is -0.617. The Morgan fingerprint density at radius 3 is 2.38 bits per heavy atom. The molecule has 45 heavy (non-hydrogen) atoms. The Balaban J connectivity index is 1.63. The number of rotatable bonds is 7. The van der Waals surface area contributed by atoms with E-state index in [1.165, 1.54) is 12.4 Å². The number of pyridine rings is 2. The fourth-order valence-electron chi connectivity index (χ4n) is 5.24. The molecule has 3 aromatic rings. The molecule has 11 nitrogen and oxygen atoms in total. The zero-order valence-corrected chi connectivity index (χ0v) is 26.4. The van der Waals surface area contributed by atoms with Crippen molar-refractivity contribution in [2.45, 2.75) is 58.3 Å². The molecule has 0 spiro atoms. The monoisotopic (exact) mass is 617 g/mol. The number of anilines is 1. The van der Waals surface area contributed by atoms with E-state index in [1.807, 2.05) is 13.8 Å². The van der Waals surface area contributed by atoms with Gasteiger partial charge in [-0.2, -0.15) is 0 Å². The smallest absolute Gasteiger partial charge is 0.258 e. The number of ether oxygens (including phenoxy) is 2. The first-order chi connectivity index (χ1) is 21.7. The van der Waals surface area contributed by atoms with Crippen LogP contribution in [-0.2, 0) is 4.74 Å². The predicted molar refractivity (Wildman–Crippen MR) is 170 cm³/mol. The minimum Gasteiger partial charge on any atom is -0.490 e. The number of aromatic nitrogens is 2. The molecule has 2 N–H and O–H groups in total. The zero-order valence-electron chi connectivity index (χ0n) is 26.4. The number of aliphatic hydroxyl groups is 1. The lowest BCUT2D eigenvalue weighted by molar-refractivity contribution is -0.0149. The van der Waals surface area contributed by atoms with Crippen molar-refractivity contribution in [2.24, 2.45) is 5.92 Å². The van der Waals surface area contributed by atoms with Crippen molar-refractivity contribution in [3.8, 4) is 5.75 Å². The van der Waals surface area contributed by atoms with Gasteiger partial charge in [0, 0.05) is 74.3 Å². The number of carbonyl (C=O) groups is 3. The molecule has 3 amide bonds. The summed E-state index contributed by atoms with van der Waals surface area (Å²) in [4.78, 5) is 51.5. The van der Waals surface area contributed by atoms with Gasteiger partial charge in [0.1, 0.15) is 5.75 Å². The van der Waals surface area contributed by atoms with Crippen molar-refractivity contribution in [3.63, 3.8) is 0 Å². The van der Waals surface area contributed by atoms with Crippen LogP contribution in [0.25, 0.3) is 0 Å². The summed E-state index contributed by atoms with van der Waals surface area (Å²) in [6.07, 6.45) is 8.09. The standard InChI is InChI=1S/C34H43N5O6/c1-23-20-39(24(2)22-40)34(43)29-19-28(37-32(41)26-10-14-35-15-11-26)8-9-30(29)45-25(3)7-5-6-18-44-31(23)21-38(4)33(42)27-12-16-36-17-13-27/h8-17,19,23-25,31,40H,5-7,18,20-22H2,1-4H3,(H,37,41)/t23-,24+,25+,31+/m0/s1. The molecule has 4 rings (SSSR count). The first-order valence-corrected chi connectivity index (χ1v) is 15.4. The summed E-state index contributed by atoms with van der Waals surface area (Å²) in [5.41, 5.74) is 1.68. The Hall–Kier alpha value is -4.35. The first kappa shape index (κ1) is 33.5. The SMILES string of the molecule is C[C@@H]1CCCCO[C@H](CN(C)C(=O)c2ccncc2)[C@@H](C)CN([C@H](C)CO)C(=O)c2cc(NC(=O)c3ccncc3)ccc2O1. The fourth-order valence-corrected chi connectivity index (χ4v) is 5.24. The van der Waals surface area contributed by atoms with Crippen LogP contribution in [0.1, 0.15) is 71.1 Å². The van der Waals surface area contributed by atoms with E-state index in [1.54, 1.807) is 78.6 Å². The van der Waals surface area contributed by atoms with Crippen LogP contribution >= 0.6 is 0 Å². The fraction of sp³-hybridized carbons (Fsp3) is 0.441. The third-order valence-electron chi connectivity index (χ3n) is 7.98. The van der Waals surface area contributed by atoms with Crippen molar-refractivity contribution in [1.82, 2.24) is 19.8 Å². The molecule has 0 saturated heterocycles. The Morgan fingerprint density at radius 1 is 1.04 bits per heavy atom. The highest BCUT2D eigenvalue weighted by molar-refractivity contribution is 6.05. The highest BCUT2D eigenvalue weighted by atomic mass is 16.5. The van der Waals surface area contributed by atoms with Gasteiger partial charge in [0.15, 0.2) is 0 Å². The third kappa shape index (κ3) is 9.09. The lowest BCUT2D eigenvalue weighted by atomic mass is 10.0. The van der Waals surface area contributed by atoms with E-state index in [0.717, 1.165) is 19.3 Å². The van der Waals surface area contributed by atoms with E-state index in [9.17, 15) is 19.5 Å². The molecule has 0 fully saturated rings. The van der Waals surface area contributed by atoms with Crippen molar-refractivity contribution in [1.29, 1.82) is 0 Å². The number of likely N-dealkylation sites (N-methyl/N-ethyl adjacent to an activating group) is 1. The average molecular weight is 618 g/mol. The summed E-state index contributed by atoms with van der Waals surface area (Å²) in [6.45, 7) is 6.54. The summed E-state index contributed by atoms with van der Waals surface area (Å²) >= 11 is 0. The van der Waals surface area contributed by atoms with Crippen LogP contribution in [0.15, 0.2) is 67.3 Å². The number of hydrogen-bond acceptors (Lipinski definition) is 8. The van der Waals surface area contributed by atoms with E-state index in [2.05, 4.69) is 15.3 Å². The molecule has 1 aromatic carbocycles. The quantitative estimate of drug-likeness (QED) is 0.401. The predicted octanol–water partition coefficient (Wildman–Crippen LogP) is 4.30. The molecule has 0 bridgehead atoms. The maximum atomic E-state index is 14.3. The van der Waals surface area contributed by atoms with E-state index in [4.69, 9.17) is 9.47 Å². The molecule has 240 valence electrons. The second kappa shape index (κ2) is 16.1. The highest BCUT2D eigenvalue weighted by Crippen LogP contribution is 2.29. The average Bonchev–Trinajstić information content (AvgIpc) is 3.06. The van der Waals surface area contributed by atoms with Gasteiger partial charge in [-0.15, -0.1) is 0 Å². The number of aliphatic hydroxyl groups excluding tert-OH is 1. The largest absolute Gasteiger partial charge is 0.490 e. The molecule has 1 aliphatic heterocycles. The van der Waals surface area contributed by atoms with Gasteiger partial charge >= 0.3 is 0 Å². The second-order valence-electron chi connectivity index (χ2n) is 11.6. The van der Waals surface area contributed by atoms with E-state index >= 15 is 0 Å². The number of fused-ring (bicyclic) bond motifs is 1. The van der Waals surface area contributed by atoms with Crippen molar-refractivity contribution >= 4 is 23.4 Å². The molecule has 0 aliphatic carbocycles. The first-order valence-electron chi connectivity index (χ1n) is 15.4. The van der Waals surface area contributed by atoms with Crippen LogP contribution in [0.2, 0.25) is 0 Å². The number of amides is 3. The van der Waals surface area contributed by atoms with Gasteiger partial charge in [0.2, 0.25) is 0 Å². The molecular weight excluding hydrogens is 574 g/mol. The lowest BCUT2D eigenvalue weighted by Gasteiger charge is -2.36. The van der Waals surface area contributed by atoms with Crippen molar-refractivity contribution in [2.75, 3.05) is 38.7 Å². The van der Waals surface area contributed by atoms with Crippen molar-refractivity contribution < 1.29 is 29.0 Å². The number of benzene rings is 1. The Labute approximate surface area is 264 Å². The molecule has 0 unspecified atom stereocenters. The van der Waals surface area contributed by atoms with Crippen LogP contribution in [-0.4, -0.2) is 94.2 Å². The highest BCUT2D eigenvalue weighted by Gasteiger charge is 2.31. The lowest BCUT2D eigenvalue weighted by Crippen LogP contribution is -2.48. The number of nitrogens with one attached hydrogen (secondary N) is 1. The van der Waals surface area contributed by atoms with Gasteiger partial charge in [0.05, 0.1) is 30.4 Å². The molecular formula is C34H43N5O6. The molecule has 3 heterocycles. The van der Waals surface area contributed by atoms with Gasteiger partial charge in [-0.1, -0.05) is 6.92 Å². The van der Waals surface area contributed by atoms with Crippen LogP contribution in [0.3, 0.4) is 0 Å². The summed E-state index contributed by atoms with van der Waals surface area (Å²) < 4.78 is 12.6. The van der Waals surface area contributed by atoms with E-state index in [0.29, 0.717) is 35.7 Å². The number of nitrogens with zero attached hydrogens (tertiary/aromatic N) is 4. The summed E-state index contributed by atoms with van der Waals surface area (Å²) in [6, 6.07) is 11.1. The number of carbonyl (C=O) groups excluding carboxylic acids is 3. The van der Waals surface area contributed by atoms with Crippen LogP contribution in [0.4, 0.5) is 5.69 Å². The second-order valence-corrected chi connectivity index (χ2v) is 11.6. The summed E-state index contributed by atoms with van der Waals surface area (Å²) in [5, 5.41) is 13.0. The molecule has 0 radical (unpaired) electrons. The van der Waals surface area contributed by atoms with Gasteiger partial charge < -0.3 is 29.7 Å². The van der Waals surface area contributed by atoms with Crippen LogP contribution in [0.5, 0.6) is 5.75 Å². The Morgan fingerprint density at radius 2 is 1.71 bits per heavy atom. The van der Waals surface area contributed by atoms with Gasteiger partial charge in [-0.05, 0) is 75.6 Å². The topological polar surface area (TPSA) is 134 Å².